The zero-order valence-corrected chi connectivity index (χ0v) is 12.1. The molecule has 0 saturated heterocycles. The summed E-state index contributed by atoms with van der Waals surface area (Å²) in [6.45, 7) is 4.93. The van der Waals surface area contributed by atoms with Crippen LogP contribution < -0.4 is 4.90 Å². The molecule has 0 atom stereocenters. The molecule has 0 radical (unpaired) electrons. The van der Waals surface area contributed by atoms with Crippen molar-refractivity contribution < 1.29 is 22.7 Å². The van der Waals surface area contributed by atoms with Crippen molar-refractivity contribution in [2.24, 2.45) is 0 Å². The zero-order chi connectivity index (χ0) is 16.4. The van der Waals surface area contributed by atoms with Gasteiger partial charge in [-0.25, -0.2) is 4.79 Å². The number of anilines is 1. The van der Waals surface area contributed by atoms with Gasteiger partial charge in [-0.2, -0.15) is 18.4 Å². The molecule has 0 fully saturated rings. The van der Waals surface area contributed by atoms with Crippen LogP contribution in [0.1, 0.15) is 31.9 Å². The second-order valence-corrected chi connectivity index (χ2v) is 5.42. The molecule has 0 heterocycles. The lowest BCUT2D eigenvalue weighted by Crippen LogP contribution is -2.34. The molecule has 0 N–H and O–H groups in total. The molecule has 0 spiro atoms. The number of ether oxygens (including phenoxy) is 1. The summed E-state index contributed by atoms with van der Waals surface area (Å²) in [6, 6.07) is 4.36. The Bertz CT molecular complexity index is 583. The van der Waals surface area contributed by atoms with Gasteiger partial charge in [0.05, 0.1) is 17.2 Å². The predicted octanol–water partition coefficient (Wildman–Crippen LogP) is 3.95. The summed E-state index contributed by atoms with van der Waals surface area (Å²) in [5, 5.41) is 8.81. The van der Waals surface area contributed by atoms with E-state index in [1.165, 1.54) is 13.1 Å². The third kappa shape index (κ3) is 4.67. The van der Waals surface area contributed by atoms with Gasteiger partial charge in [-0.3, -0.25) is 4.90 Å². The molecule has 1 rings (SSSR count). The first-order valence-electron chi connectivity index (χ1n) is 6.03. The van der Waals surface area contributed by atoms with Crippen LogP contribution in [0.25, 0.3) is 0 Å². The average Bonchev–Trinajstić information content (AvgIpc) is 2.34. The molecular weight excluding hydrogens is 285 g/mol. The van der Waals surface area contributed by atoms with E-state index < -0.39 is 23.4 Å². The zero-order valence-electron chi connectivity index (χ0n) is 12.1. The number of nitriles is 1. The van der Waals surface area contributed by atoms with Gasteiger partial charge in [0.2, 0.25) is 0 Å². The quantitative estimate of drug-likeness (QED) is 0.789. The molecule has 1 aromatic rings. The lowest BCUT2D eigenvalue weighted by atomic mass is 10.1. The van der Waals surface area contributed by atoms with E-state index in [1.807, 2.05) is 0 Å². The van der Waals surface area contributed by atoms with Crippen LogP contribution in [-0.4, -0.2) is 18.7 Å². The minimum absolute atomic E-state index is 0.0596. The minimum atomic E-state index is -4.60. The fourth-order valence-electron chi connectivity index (χ4n) is 1.47. The van der Waals surface area contributed by atoms with Crippen molar-refractivity contribution in [3.8, 4) is 6.07 Å². The molecule has 21 heavy (non-hydrogen) atoms. The van der Waals surface area contributed by atoms with Gasteiger partial charge in [0.1, 0.15) is 5.60 Å². The molecule has 7 heteroatoms. The highest BCUT2D eigenvalue weighted by atomic mass is 19.4. The molecule has 1 amide bonds. The number of carbonyl (C=O) groups excluding carboxylic acids is 1. The Balaban J connectivity index is 3.18. The van der Waals surface area contributed by atoms with Crippen molar-refractivity contribution in [1.82, 2.24) is 0 Å². The smallest absolute Gasteiger partial charge is 0.416 e. The van der Waals surface area contributed by atoms with Crippen molar-refractivity contribution in [3.63, 3.8) is 0 Å². The van der Waals surface area contributed by atoms with Crippen LogP contribution in [0.2, 0.25) is 0 Å². The van der Waals surface area contributed by atoms with Crippen LogP contribution in [0.4, 0.5) is 23.7 Å². The van der Waals surface area contributed by atoms with E-state index >= 15 is 0 Å². The average molecular weight is 300 g/mol. The fraction of sp³-hybridized carbons (Fsp3) is 0.429. The molecule has 0 aliphatic heterocycles. The molecule has 0 aromatic heterocycles. The number of rotatable bonds is 1. The van der Waals surface area contributed by atoms with Crippen LogP contribution in [0.15, 0.2) is 18.2 Å². The number of alkyl halides is 3. The Hall–Kier alpha value is -2.23. The first kappa shape index (κ1) is 16.8. The Morgan fingerprint density at radius 2 is 1.81 bits per heavy atom. The highest BCUT2D eigenvalue weighted by Gasteiger charge is 2.32. The molecular formula is C14H15F3N2O2. The van der Waals surface area contributed by atoms with Crippen LogP contribution in [0, 0.1) is 11.3 Å². The monoisotopic (exact) mass is 300 g/mol. The first-order chi connectivity index (χ1) is 9.44. The summed E-state index contributed by atoms with van der Waals surface area (Å²) in [4.78, 5) is 12.8. The van der Waals surface area contributed by atoms with Gasteiger partial charge in [-0.15, -0.1) is 0 Å². The fourth-order valence-corrected chi connectivity index (χ4v) is 1.47. The van der Waals surface area contributed by atoms with Crippen molar-refractivity contribution in [3.05, 3.63) is 29.3 Å². The summed E-state index contributed by atoms with van der Waals surface area (Å²) in [6.07, 6.45) is -5.40. The maximum atomic E-state index is 12.8. The van der Waals surface area contributed by atoms with Crippen LogP contribution in [0.5, 0.6) is 0 Å². The van der Waals surface area contributed by atoms with Crippen molar-refractivity contribution >= 4 is 11.8 Å². The molecule has 0 saturated carbocycles. The number of halogens is 3. The standard InChI is InChI=1S/C14H15F3N2O2/c1-13(2,3)21-12(20)19(4)11-6-9(8-18)5-10(7-11)14(15,16)17/h5-7H,1-4H3. The minimum Gasteiger partial charge on any atom is -0.443 e. The van der Waals surface area contributed by atoms with Gasteiger partial charge >= 0.3 is 12.3 Å². The van der Waals surface area contributed by atoms with Gasteiger partial charge < -0.3 is 4.74 Å². The molecule has 114 valence electrons. The number of hydrogen-bond donors (Lipinski definition) is 0. The Kier molecular flexibility index (Phi) is 4.52. The third-order valence-corrected chi connectivity index (χ3v) is 2.43. The summed E-state index contributed by atoms with van der Waals surface area (Å²) < 4.78 is 43.4. The molecule has 0 unspecified atom stereocenters. The van der Waals surface area contributed by atoms with E-state index in [2.05, 4.69) is 0 Å². The van der Waals surface area contributed by atoms with Gasteiger partial charge in [0, 0.05) is 12.7 Å². The summed E-state index contributed by atoms with van der Waals surface area (Å²) in [5.41, 5.74) is -2.01. The van der Waals surface area contributed by atoms with Crippen molar-refractivity contribution in [2.45, 2.75) is 32.5 Å². The van der Waals surface area contributed by atoms with E-state index in [1.54, 1.807) is 26.8 Å². The SMILES string of the molecule is CN(C(=O)OC(C)(C)C)c1cc(C#N)cc(C(F)(F)F)c1. The van der Waals surface area contributed by atoms with Gasteiger partial charge in [0.25, 0.3) is 0 Å². The number of hydrogen-bond acceptors (Lipinski definition) is 3. The normalized spacial score (nSPS) is 11.7. The van der Waals surface area contributed by atoms with Gasteiger partial charge in [0.15, 0.2) is 0 Å². The van der Waals surface area contributed by atoms with E-state index in [9.17, 15) is 18.0 Å². The summed E-state index contributed by atoms with van der Waals surface area (Å²) >= 11 is 0. The maximum Gasteiger partial charge on any atom is 0.416 e. The van der Waals surface area contributed by atoms with Crippen LogP contribution in [0.3, 0.4) is 0 Å². The lowest BCUT2D eigenvalue weighted by Gasteiger charge is -2.25. The Labute approximate surface area is 120 Å². The molecule has 1 aromatic carbocycles. The van der Waals surface area contributed by atoms with Gasteiger partial charge in [-0.05, 0) is 39.0 Å². The summed E-state index contributed by atoms with van der Waals surface area (Å²) in [5.74, 6) is 0. The van der Waals surface area contributed by atoms with E-state index in [0.717, 1.165) is 17.0 Å². The Morgan fingerprint density at radius 3 is 2.24 bits per heavy atom. The van der Waals surface area contributed by atoms with Crippen LogP contribution >= 0.6 is 0 Å². The molecule has 0 bridgehead atoms. The number of nitrogens with zero attached hydrogens (tertiary/aromatic N) is 2. The third-order valence-electron chi connectivity index (χ3n) is 2.43. The maximum absolute atomic E-state index is 12.8. The predicted molar refractivity (Wildman–Crippen MR) is 70.8 cm³/mol. The largest absolute Gasteiger partial charge is 0.443 e. The van der Waals surface area contributed by atoms with E-state index in [-0.39, 0.29) is 11.3 Å². The first-order valence-corrected chi connectivity index (χ1v) is 6.03. The summed E-state index contributed by atoms with van der Waals surface area (Å²) in [7, 11) is 1.28. The van der Waals surface area contributed by atoms with Gasteiger partial charge in [-0.1, -0.05) is 0 Å². The lowest BCUT2D eigenvalue weighted by molar-refractivity contribution is -0.137. The van der Waals surface area contributed by atoms with Crippen molar-refractivity contribution in [2.75, 3.05) is 11.9 Å². The topological polar surface area (TPSA) is 53.3 Å². The highest BCUT2D eigenvalue weighted by molar-refractivity contribution is 5.87. The van der Waals surface area contributed by atoms with E-state index in [4.69, 9.17) is 10.00 Å². The molecule has 0 aliphatic carbocycles. The second-order valence-electron chi connectivity index (χ2n) is 5.42. The molecule has 0 aliphatic rings. The van der Waals surface area contributed by atoms with Crippen molar-refractivity contribution in [1.29, 1.82) is 5.26 Å². The molecule has 4 nitrogen and oxygen atoms in total. The number of carbonyl (C=O) groups is 1. The van der Waals surface area contributed by atoms with Crippen LogP contribution in [-0.2, 0) is 10.9 Å². The Morgan fingerprint density at radius 1 is 1.24 bits per heavy atom. The van der Waals surface area contributed by atoms with E-state index in [0.29, 0.717) is 0 Å². The second kappa shape index (κ2) is 5.64. The number of amides is 1. The number of benzene rings is 1. The highest BCUT2D eigenvalue weighted by Crippen LogP contribution is 2.33.